The second-order valence-corrected chi connectivity index (χ2v) is 7.59. The molecule has 0 aromatic heterocycles. The van der Waals surface area contributed by atoms with Gasteiger partial charge in [0, 0.05) is 0 Å². The zero-order valence-electron chi connectivity index (χ0n) is 15.5. The highest BCUT2D eigenvalue weighted by Crippen LogP contribution is 2.11. The molecule has 0 saturated heterocycles. The minimum Gasteiger partial charge on any atom is -0.480 e. The molecule has 0 bridgehead atoms. The largest absolute Gasteiger partial charge is 0.480 e. The van der Waals surface area contributed by atoms with Crippen LogP contribution in [0.25, 0.3) is 0 Å². The van der Waals surface area contributed by atoms with E-state index in [1.54, 1.807) is 41.5 Å². The second kappa shape index (κ2) is 8.80. The van der Waals surface area contributed by atoms with Gasteiger partial charge in [0.25, 0.3) is 0 Å². The molecule has 0 saturated carbocycles. The summed E-state index contributed by atoms with van der Waals surface area (Å²) in [5.74, 6) is -3.75. The summed E-state index contributed by atoms with van der Waals surface area (Å²) in [4.78, 5) is 46.6. The lowest BCUT2D eigenvalue weighted by atomic mass is 10.1. The fourth-order valence-electron chi connectivity index (χ4n) is 1.68. The van der Waals surface area contributed by atoms with Crippen LogP contribution < -0.4 is 11.1 Å². The SMILES string of the molecule is CC(C)(C)OC(=O)C[C@@H](N)C(=O)N[C@H](CC(=O)OC(C)(C)C)C(=O)O. The van der Waals surface area contributed by atoms with Crippen molar-refractivity contribution in [3.63, 3.8) is 0 Å². The van der Waals surface area contributed by atoms with Crippen LogP contribution in [0.1, 0.15) is 54.4 Å². The van der Waals surface area contributed by atoms with Gasteiger partial charge in [-0.15, -0.1) is 0 Å². The van der Waals surface area contributed by atoms with Crippen LogP contribution in [0.15, 0.2) is 0 Å². The fourth-order valence-corrected chi connectivity index (χ4v) is 1.68. The smallest absolute Gasteiger partial charge is 0.326 e. The molecular formula is C16H28N2O7. The molecule has 4 N–H and O–H groups in total. The molecule has 144 valence electrons. The fraction of sp³-hybridized carbons (Fsp3) is 0.750. The van der Waals surface area contributed by atoms with Gasteiger partial charge in [-0.25, -0.2) is 4.79 Å². The number of ether oxygens (including phenoxy) is 2. The zero-order valence-corrected chi connectivity index (χ0v) is 15.5. The van der Waals surface area contributed by atoms with Crippen molar-refractivity contribution in [3.05, 3.63) is 0 Å². The van der Waals surface area contributed by atoms with Crippen LogP contribution in [-0.2, 0) is 28.7 Å². The van der Waals surface area contributed by atoms with E-state index in [1.165, 1.54) is 0 Å². The number of amides is 1. The number of nitrogens with two attached hydrogens (primary N) is 1. The molecule has 0 fully saturated rings. The summed E-state index contributed by atoms with van der Waals surface area (Å²) in [5, 5.41) is 11.3. The Morgan fingerprint density at radius 3 is 1.68 bits per heavy atom. The van der Waals surface area contributed by atoms with Crippen molar-refractivity contribution < 1.29 is 33.8 Å². The maximum Gasteiger partial charge on any atom is 0.326 e. The molecule has 0 aromatic rings. The summed E-state index contributed by atoms with van der Waals surface area (Å²) in [6, 6.07) is -2.80. The van der Waals surface area contributed by atoms with Gasteiger partial charge in [-0.05, 0) is 41.5 Å². The highest BCUT2D eigenvalue weighted by molar-refractivity contribution is 5.91. The summed E-state index contributed by atoms with van der Waals surface area (Å²) < 4.78 is 10.1. The summed E-state index contributed by atoms with van der Waals surface area (Å²) in [5.41, 5.74) is 4.09. The molecule has 0 radical (unpaired) electrons. The first-order valence-electron chi connectivity index (χ1n) is 7.83. The highest BCUT2D eigenvalue weighted by atomic mass is 16.6. The van der Waals surface area contributed by atoms with Gasteiger partial charge in [0.15, 0.2) is 0 Å². The molecule has 2 atom stereocenters. The van der Waals surface area contributed by atoms with Crippen molar-refractivity contribution >= 4 is 23.8 Å². The van der Waals surface area contributed by atoms with Crippen LogP contribution >= 0.6 is 0 Å². The normalized spacial score (nSPS) is 14.2. The molecule has 0 aliphatic heterocycles. The quantitative estimate of drug-likeness (QED) is 0.551. The van der Waals surface area contributed by atoms with Crippen LogP contribution in [0, 0.1) is 0 Å². The topological polar surface area (TPSA) is 145 Å². The van der Waals surface area contributed by atoms with Crippen molar-refractivity contribution in [3.8, 4) is 0 Å². The minimum absolute atomic E-state index is 0.415. The summed E-state index contributed by atoms with van der Waals surface area (Å²) in [6.07, 6.45) is -0.973. The zero-order chi connectivity index (χ0) is 20.0. The van der Waals surface area contributed by atoms with E-state index in [-0.39, 0.29) is 0 Å². The Morgan fingerprint density at radius 1 is 0.920 bits per heavy atom. The first-order valence-corrected chi connectivity index (χ1v) is 7.83. The van der Waals surface area contributed by atoms with Crippen LogP contribution in [-0.4, -0.2) is 52.2 Å². The lowest BCUT2D eigenvalue weighted by Crippen LogP contribution is -2.50. The Hall–Kier alpha value is -2.16. The van der Waals surface area contributed by atoms with E-state index in [0.29, 0.717) is 0 Å². The predicted octanol–water partition coefficient (Wildman–Crippen LogP) is 0.347. The molecule has 1 amide bonds. The molecule has 0 heterocycles. The summed E-state index contributed by atoms with van der Waals surface area (Å²) >= 11 is 0. The number of hydrogen-bond donors (Lipinski definition) is 3. The van der Waals surface area contributed by atoms with E-state index >= 15 is 0 Å². The van der Waals surface area contributed by atoms with Crippen molar-refractivity contribution in [1.82, 2.24) is 5.32 Å². The van der Waals surface area contributed by atoms with E-state index in [0.717, 1.165) is 0 Å². The maximum atomic E-state index is 12.0. The molecule has 0 aliphatic rings. The van der Waals surface area contributed by atoms with Crippen molar-refractivity contribution in [2.75, 3.05) is 0 Å². The Morgan fingerprint density at radius 2 is 1.32 bits per heavy atom. The number of esters is 2. The molecule has 9 heteroatoms. The van der Waals surface area contributed by atoms with Gasteiger partial charge in [-0.2, -0.15) is 0 Å². The van der Waals surface area contributed by atoms with Crippen LogP contribution in [0.4, 0.5) is 0 Å². The molecule has 0 rings (SSSR count). The summed E-state index contributed by atoms with van der Waals surface area (Å²) in [6.45, 7) is 9.90. The van der Waals surface area contributed by atoms with Gasteiger partial charge < -0.3 is 25.6 Å². The minimum atomic E-state index is -1.51. The number of rotatable bonds is 7. The highest BCUT2D eigenvalue weighted by Gasteiger charge is 2.29. The van der Waals surface area contributed by atoms with Crippen molar-refractivity contribution in [2.24, 2.45) is 5.73 Å². The van der Waals surface area contributed by atoms with Gasteiger partial charge in [0.05, 0.1) is 18.9 Å². The second-order valence-electron chi connectivity index (χ2n) is 7.59. The third-order valence-electron chi connectivity index (χ3n) is 2.55. The molecule has 0 aliphatic carbocycles. The van der Waals surface area contributed by atoms with E-state index < -0.39 is 59.9 Å². The van der Waals surface area contributed by atoms with E-state index in [4.69, 9.17) is 20.3 Å². The lowest BCUT2D eigenvalue weighted by Gasteiger charge is -2.23. The Bertz CT molecular complexity index is 518. The standard InChI is InChI=1S/C16H28N2O7/c1-15(2,3)24-11(19)7-9(17)13(21)18-10(14(22)23)8-12(20)25-16(4,5)6/h9-10H,7-8,17H2,1-6H3,(H,18,21)(H,22,23)/t9-,10-/m1/s1. The third kappa shape index (κ3) is 11.1. The molecule has 0 spiro atoms. The molecule has 0 unspecified atom stereocenters. The van der Waals surface area contributed by atoms with Crippen molar-refractivity contribution in [2.45, 2.75) is 77.7 Å². The number of carboxylic acids is 1. The average molecular weight is 360 g/mol. The van der Waals surface area contributed by atoms with Crippen LogP contribution in [0.2, 0.25) is 0 Å². The molecule has 0 aromatic carbocycles. The predicted molar refractivity (Wildman–Crippen MR) is 88.5 cm³/mol. The monoisotopic (exact) mass is 360 g/mol. The number of aliphatic carboxylic acids is 1. The van der Waals surface area contributed by atoms with Gasteiger partial charge >= 0.3 is 17.9 Å². The third-order valence-corrected chi connectivity index (χ3v) is 2.55. The van der Waals surface area contributed by atoms with Gasteiger partial charge in [0.2, 0.25) is 5.91 Å². The van der Waals surface area contributed by atoms with Gasteiger partial charge in [-0.1, -0.05) is 0 Å². The molecule has 9 nitrogen and oxygen atoms in total. The number of nitrogens with one attached hydrogen (secondary N) is 1. The van der Waals surface area contributed by atoms with Crippen LogP contribution in [0.5, 0.6) is 0 Å². The van der Waals surface area contributed by atoms with E-state index in [1.807, 2.05) is 0 Å². The Labute approximate surface area is 147 Å². The first-order chi connectivity index (χ1) is 11.1. The summed E-state index contributed by atoms with van der Waals surface area (Å²) in [7, 11) is 0. The van der Waals surface area contributed by atoms with Crippen LogP contribution in [0.3, 0.4) is 0 Å². The number of carbonyl (C=O) groups excluding carboxylic acids is 3. The maximum absolute atomic E-state index is 12.0. The van der Waals surface area contributed by atoms with Crippen molar-refractivity contribution in [1.29, 1.82) is 0 Å². The molecule has 25 heavy (non-hydrogen) atoms. The number of carboxylic acid groups (broad SMARTS) is 1. The Kier molecular flexibility index (Phi) is 8.04. The van der Waals surface area contributed by atoms with Gasteiger partial charge in [0.1, 0.15) is 17.2 Å². The average Bonchev–Trinajstić information content (AvgIpc) is 2.32. The van der Waals surface area contributed by atoms with E-state index in [2.05, 4.69) is 5.32 Å². The first kappa shape index (κ1) is 22.8. The lowest BCUT2D eigenvalue weighted by molar-refractivity contribution is -0.159. The Balaban J connectivity index is 4.71. The number of hydrogen-bond acceptors (Lipinski definition) is 7. The van der Waals surface area contributed by atoms with E-state index in [9.17, 15) is 19.2 Å². The molecular weight excluding hydrogens is 332 g/mol. The van der Waals surface area contributed by atoms with Gasteiger partial charge in [-0.3, -0.25) is 14.4 Å². The number of carbonyl (C=O) groups is 4.